The Morgan fingerprint density at radius 1 is 1.11 bits per heavy atom. The predicted molar refractivity (Wildman–Crippen MR) is 106 cm³/mol. The third kappa shape index (κ3) is 4.23. The molecular formula is C17H14BrFN2O4S2. The van der Waals surface area contributed by atoms with Crippen LogP contribution in [0.3, 0.4) is 0 Å². The summed E-state index contributed by atoms with van der Waals surface area (Å²) in [7, 11) is -1.04. The fourth-order valence-electron chi connectivity index (χ4n) is 2.29. The molecule has 3 aromatic rings. The van der Waals surface area contributed by atoms with E-state index in [1.165, 1.54) is 38.5 Å². The highest BCUT2D eigenvalue weighted by Crippen LogP contribution is 2.36. The molecule has 0 unspecified atom stereocenters. The minimum absolute atomic E-state index is 0.0151. The molecule has 0 aliphatic rings. The van der Waals surface area contributed by atoms with Crippen LogP contribution in [-0.2, 0) is 10.0 Å². The molecule has 1 heterocycles. The van der Waals surface area contributed by atoms with E-state index in [1.54, 1.807) is 17.5 Å². The number of hydrogen-bond donors (Lipinski definition) is 1. The molecule has 0 saturated carbocycles. The summed E-state index contributed by atoms with van der Waals surface area (Å²) >= 11 is 4.37. The largest absolute Gasteiger partial charge is 0.493 e. The second kappa shape index (κ2) is 7.83. The van der Waals surface area contributed by atoms with Crippen molar-refractivity contribution in [2.24, 2.45) is 0 Å². The summed E-state index contributed by atoms with van der Waals surface area (Å²) in [5.74, 6) is 0.330. The molecule has 6 nitrogen and oxygen atoms in total. The van der Waals surface area contributed by atoms with Gasteiger partial charge in [0.2, 0.25) is 0 Å². The van der Waals surface area contributed by atoms with Gasteiger partial charge in [0.05, 0.1) is 19.9 Å². The number of halogens is 2. The summed E-state index contributed by atoms with van der Waals surface area (Å²) in [5, 5.41) is 1.88. The number of aromatic nitrogens is 1. The third-order valence-electron chi connectivity index (χ3n) is 3.59. The molecule has 1 N–H and O–H groups in total. The molecule has 2 aromatic carbocycles. The van der Waals surface area contributed by atoms with Crippen LogP contribution in [0.25, 0.3) is 11.3 Å². The van der Waals surface area contributed by atoms with Gasteiger partial charge in [-0.1, -0.05) is 0 Å². The van der Waals surface area contributed by atoms with E-state index in [0.29, 0.717) is 21.5 Å². The maximum atomic E-state index is 13.0. The zero-order valence-electron chi connectivity index (χ0n) is 14.2. The Hall–Kier alpha value is -2.17. The number of nitrogens with zero attached hydrogens (tertiary/aromatic N) is 1. The highest BCUT2D eigenvalue weighted by Gasteiger charge is 2.22. The number of nitrogens with one attached hydrogen (secondary N) is 1. The van der Waals surface area contributed by atoms with Crippen molar-refractivity contribution in [3.05, 3.63) is 52.1 Å². The van der Waals surface area contributed by atoms with Crippen molar-refractivity contribution in [2.75, 3.05) is 18.9 Å². The summed E-state index contributed by atoms with van der Waals surface area (Å²) in [6.45, 7) is 0. The molecule has 1 aromatic heterocycles. The number of benzene rings is 2. The zero-order valence-corrected chi connectivity index (χ0v) is 17.4. The Morgan fingerprint density at radius 3 is 2.37 bits per heavy atom. The first-order valence-electron chi connectivity index (χ1n) is 7.50. The second-order valence-electron chi connectivity index (χ2n) is 5.29. The summed E-state index contributed by atoms with van der Waals surface area (Å²) in [4.78, 5) is 4.25. The van der Waals surface area contributed by atoms with Gasteiger partial charge < -0.3 is 9.47 Å². The Bertz CT molecular complexity index is 1070. The van der Waals surface area contributed by atoms with E-state index < -0.39 is 10.0 Å². The third-order valence-corrected chi connectivity index (χ3v) is 6.78. The lowest BCUT2D eigenvalue weighted by Gasteiger charge is -2.12. The van der Waals surface area contributed by atoms with Gasteiger partial charge in [0.25, 0.3) is 10.0 Å². The number of ether oxygens (including phenoxy) is 2. The quantitative estimate of drug-likeness (QED) is 0.570. The minimum Gasteiger partial charge on any atom is -0.493 e. The minimum atomic E-state index is -3.92. The predicted octanol–water partition coefficient (Wildman–Crippen LogP) is 4.53. The highest BCUT2D eigenvalue weighted by atomic mass is 79.9. The van der Waals surface area contributed by atoms with Crippen LogP contribution in [-0.4, -0.2) is 27.6 Å². The fourth-order valence-corrected chi connectivity index (χ4v) is 5.29. The first kappa shape index (κ1) is 19.6. The highest BCUT2D eigenvalue weighted by molar-refractivity contribution is 9.10. The van der Waals surface area contributed by atoms with Crippen molar-refractivity contribution in [1.29, 1.82) is 0 Å². The van der Waals surface area contributed by atoms with Gasteiger partial charge >= 0.3 is 0 Å². The summed E-state index contributed by atoms with van der Waals surface area (Å²) in [5.41, 5.74) is 1.23. The van der Waals surface area contributed by atoms with Gasteiger partial charge in [-0.25, -0.2) is 17.8 Å². The standard InChI is InChI=1S/C17H14BrFN2O4S2/c1-24-14-7-12(18)16(8-15(14)25-2)27(22,23)21-17-20-13(9-26-17)10-3-5-11(19)6-4-10/h3-9H,1-2H3,(H,20,21). The summed E-state index contributed by atoms with van der Waals surface area (Å²) in [6, 6.07) is 8.67. The van der Waals surface area contributed by atoms with Gasteiger partial charge in [-0.15, -0.1) is 11.3 Å². The van der Waals surface area contributed by atoms with Crippen molar-refractivity contribution in [3.8, 4) is 22.8 Å². The molecular weight excluding hydrogens is 459 g/mol. The Labute approximate surface area is 168 Å². The Kier molecular flexibility index (Phi) is 5.68. The van der Waals surface area contributed by atoms with Crippen molar-refractivity contribution in [1.82, 2.24) is 4.98 Å². The molecule has 0 atom stereocenters. The van der Waals surface area contributed by atoms with Crippen LogP contribution in [0.1, 0.15) is 0 Å². The lowest BCUT2D eigenvalue weighted by molar-refractivity contribution is 0.353. The molecule has 0 radical (unpaired) electrons. The van der Waals surface area contributed by atoms with Crippen LogP contribution in [0.2, 0.25) is 0 Å². The average molecular weight is 473 g/mol. The lowest BCUT2D eigenvalue weighted by atomic mass is 10.2. The van der Waals surface area contributed by atoms with E-state index in [4.69, 9.17) is 9.47 Å². The van der Waals surface area contributed by atoms with Crippen molar-refractivity contribution >= 4 is 42.4 Å². The number of sulfonamides is 1. The molecule has 3 rings (SSSR count). The number of hydrogen-bond acceptors (Lipinski definition) is 6. The smallest absolute Gasteiger partial charge is 0.264 e. The molecule has 27 heavy (non-hydrogen) atoms. The SMILES string of the molecule is COc1cc(Br)c(S(=O)(=O)Nc2nc(-c3ccc(F)cc3)cs2)cc1OC. The molecule has 0 bridgehead atoms. The van der Waals surface area contributed by atoms with Crippen LogP contribution >= 0.6 is 27.3 Å². The lowest BCUT2D eigenvalue weighted by Crippen LogP contribution is -2.13. The molecule has 10 heteroatoms. The van der Waals surface area contributed by atoms with E-state index in [-0.39, 0.29) is 21.6 Å². The van der Waals surface area contributed by atoms with E-state index in [9.17, 15) is 12.8 Å². The van der Waals surface area contributed by atoms with Crippen molar-refractivity contribution < 1.29 is 22.3 Å². The molecule has 0 fully saturated rings. The first-order chi connectivity index (χ1) is 12.8. The number of methoxy groups -OCH3 is 2. The molecule has 0 saturated heterocycles. The van der Waals surface area contributed by atoms with Gasteiger partial charge in [-0.2, -0.15) is 0 Å². The van der Waals surface area contributed by atoms with Crippen molar-refractivity contribution in [2.45, 2.75) is 4.90 Å². The Morgan fingerprint density at radius 2 is 1.74 bits per heavy atom. The summed E-state index contributed by atoms with van der Waals surface area (Å²) < 4.78 is 51.6. The van der Waals surface area contributed by atoms with Crippen LogP contribution in [0.5, 0.6) is 11.5 Å². The van der Waals surface area contributed by atoms with Gasteiger partial charge in [0.1, 0.15) is 10.7 Å². The number of rotatable bonds is 6. The van der Waals surface area contributed by atoms with E-state index in [0.717, 1.165) is 11.3 Å². The van der Waals surface area contributed by atoms with Gasteiger partial charge in [-0.3, -0.25) is 4.72 Å². The molecule has 142 valence electrons. The van der Waals surface area contributed by atoms with Crippen molar-refractivity contribution in [3.63, 3.8) is 0 Å². The van der Waals surface area contributed by atoms with Crippen LogP contribution in [0, 0.1) is 5.82 Å². The molecule has 0 spiro atoms. The van der Waals surface area contributed by atoms with Gasteiger partial charge in [0.15, 0.2) is 16.6 Å². The van der Waals surface area contributed by atoms with E-state index in [1.807, 2.05) is 0 Å². The molecule has 0 aliphatic carbocycles. The maximum absolute atomic E-state index is 13.0. The fraction of sp³-hybridized carbons (Fsp3) is 0.118. The van der Waals surface area contributed by atoms with Gasteiger partial charge in [0, 0.05) is 21.5 Å². The van der Waals surface area contributed by atoms with Gasteiger partial charge in [-0.05, 0) is 46.3 Å². The Balaban J connectivity index is 1.90. The van der Waals surface area contributed by atoms with E-state index in [2.05, 4.69) is 25.6 Å². The topological polar surface area (TPSA) is 77.5 Å². The maximum Gasteiger partial charge on any atom is 0.264 e. The summed E-state index contributed by atoms with van der Waals surface area (Å²) in [6.07, 6.45) is 0. The van der Waals surface area contributed by atoms with Crippen LogP contribution in [0.4, 0.5) is 9.52 Å². The zero-order chi connectivity index (χ0) is 19.6. The normalized spacial score (nSPS) is 11.3. The first-order valence-corrected chi connectivity index (χ1v) is 10.7. The van der Waals surface area contributed by atoms with E-state index >= 15 is 0 Å². The van der Waals surface area contributed by atoms with Crippen LogP contribution < -0.4 is 14.2 Å². The number of anilines is 1. The molecule has 0 amide bonds. The second-order valence-corrected chi connectivity index (χ2v) is 8.65. The number of thiazole rings is 1. The average Bonchev–Trinajstić information content (AvgIpc) is 3.09. The van der Waals surface area contributed by atoms with Crippen LogP contribution in [0.15, 0.2) is 51.1 Å². The molecule has 0 aliphatic heterocycles. The monoisotopic (exact) mass is 472 g/mol.